The third-order valence-electron chi connectivity index (χ3n) is 7.15. The first-order valence-electron chi connectivity index (χ1n) is 13.1. The van der Waals surface area contributed by atoms with Crippen molar-refractivity contribution in [2.45, 2.75) is 38.6 Å². The van der Waals surface area contributed by atoms with Crippen LogP contribution >= 0.6 is 15.9 Å². The molecule has 0 bridgehead atoms. The summed E-state index contributed by atoms with van der Waals surface area (Å²) in [6, 6.07) is 12.1. The molecule has 1 heterocycles. The van der Waals surface area contributed by atoms with E-state index in [9.17, 15) is 4.79 Å². The maximum Gasteiger partial charge on any atom is 0.409 e. The highest BCUT2D eigenvalue weighted by atomic mass is 79.9. The summed E-state index contributed by atoms with van der Waals surface area (Å²) in [5, 5.41) is 3.68. The van der Waals surface area contributed by atoms with E-state index in [1.807, 2.05) is 37.3 Å². The van der Waals surface area contributed by atoms with E-state index in [4.69, 9.17) is 18.9 Å². The lowest BCUT2D eigenvalue weighted by molar-refractivity contribution is 0.0760. The van der Waals surface area contributed by atoms with Crippen molar-refractivity contribution in [1.29, 1.82) is 0 Å². The van der Waals surface area contributed by atoms with E-state index in [2.05, 4.69) is 32.2 Å². The van der Waals surface area contributed by atoms with Gasteiger partial charge in [0, 0.05) is 66.5 Å². The summed E-state index contributed by atoms with van der Waals surface area (Å²) in [6.45, 7) is 5.69. The van der Waals surface area contributed by atoms with Crippen LogP contribution in [0.2, 0.25) is 0 Å². The molecule has 2 aromatic carbocycles. The predicted octanol–water partition coefficient (Wildman–Crippen LogP) is 5.79. The van der Waals surface area contributed by atoms with Gasteiger partial charge in [-0.3, -0.25) is 0 Å². The second kappa shape index (κ2) is 13.1. The number of nitrogens with zero attached hydrogens (tertiary/aromatic N) is 2. The number of ether oxygens (including phenoxy) is 4. The monoisotopic (exact) mass is 575 g/mol. The maximum absolute atomic E-state index is 12.9. The summed E-state index contributed by atoms with van der Waals surface area (Å²) in [5.74, 6) is 2.61. The Morgan fingerprint density at radius 3 is 2.38 bits per heavy atom. The fraction of sp³-hybridized carbons (Fsp3) is 0.536. The minimum absolute atomic E-state index is 0.231. The second-order valence-electron chi connectivity index (χ2n) is 9.49. The van der Waals surface area contributed by atoms with Crippen LogP contribution in [0.1, 0.15) is 32.6 Å². The van der Waals surface area contributed by atoms with Crippen molar-refractivity contribution in [3.8, 4) is 17.2 Å². The van der Waals surface area contributed by atoms with Crippen molar-refractivity contribution < 1.29 is 23.7 Å². The van der Waals surface area contributed by atoms with Gasteiger partial charge >= 0.3 is 6.09 Å². The molecule has 1 aliphatic heterocycles. The lowest BCUT2D eigenvalue weighted by atomic mass is 9.85. The van der Waals surface area contributed by atoms with E-state index in [-0.39, 0.29) is 18.1 Å². The van der Waals surface area contributed by atoms with Gasteiger partial charge in [-0.05, 0) is 38.0 Å². The molecule has 0 aromatic heterocycles. The van der Waals surface area contributed by atoms with Gasteiger partial charge in [-0.15, -0.1) is 0 Å². The molecular formula is C28H38BrN3O5. The van der Waals surface area contributed by atoms with Gasteiger partial charge in [-0.2, -0.15) is 0 Å². The molecule has 1 amide bonds. The molecule has 37 heavy (non-hydrogen) atoms. The molecule has 1 aliphatic carbocycles. The van der Waals surface area contributed by atoms with Gasteiger partial charge < -0.3 is 34.1 Å². The standard InChI is InChI=1S/C28H38BrN3O5/c1-4-36-27-10-9-21(29)15-26(27)30-25-8-6-5-7-20(25)19-37-28(33)32-13-11-31(12-14-32)22-16-23(34-2)18-24(17-22)35-3/h9-10,15-18,20,25,30H,4-8,11-14,19H2,1-3H3. The van der Waals surface area contributed by atoms with E-state index in [1.54, 1.807) is 19.1 Å². The molecule has 1 saturated carbocycles. The van der Waals surface area contributed by atoms with E-state index >= 15 is 0 Å². The molecule has 2 aromatic rings. The number of benzene rings is 2. The van der Waals surface area contributed by atoms with Crippen molar-refractivity contribution in [2.24, 2.45) is 5.92 Å². The highest BCUT2D eigenvalue weighted by molar-refractivity contribution is 9.10. The number of amides is 1. The second-order valence-corrected chi connectivity index (χ2v) is 10.4. The average Bonchev–Trinajstić information content (AvgIpc) is 2.93. The number of hydrogen-bond donors (Lipinski definition) is 1. The molecule has 2 atom stereocenters. The molecule has 0 spiro atoms. The number of carbonyl (C=O) groups excluding carboxylic acids is 1. The number of carbonyl (C=O) groups is 1. The number of halogens is 1. The number of piperazine rings is 1. The number of methoxy groups -OCH3 is 2. The third kappa shape index (κ3) is 7.15. The number of hydrogen-bond acceptors (Lipinski definition) is 7. The van der Waals surface area contributed by atoms with E-state index < -0.39 is 0 Å². The van der Waals surface area contributed by atoms with Crippen molar-refractivity contribution in [3.63, 3.8) is 0 Å². The van der Waals surface area contributed by atoms with Crippen LogP contribution in [-0.4, -0.2) is 70.6 Å². The molecule has 2 unspecified atom stereocenters. The van der Waals surface area contributed by atoms with E-state index in [0.29, 0.717) is 26.3 Å². The lowest BCUT2D eigenvalue weighted by Gasteiger charge is -2.37. The quantitative estimate of drug-likeness (QED) is 0.405. The first-order chi connectivity index (χ1) is 18.0. The summed E-state index contributed by atoms with van der Waals surface area (Å²) in [5.41, 5.74) is 2.00. The molecule has 8 nitrogen and oxygen atoms in total. The largest absolute Gasteiger partial charge is 0.497 e. The first-order valence-corrected chi connectivity index (χ1v) is 13.9. The Labute approximate surface area is 228 Å². The van der Waals surface area contributed by atoms with Crippen LogP contribution in [0.4, 0.5) is 16.2 Å². The van der Waals surface area contributed by atoms with Crippen LogP contribution in [-0.2, 0) is 4.74 Å². The van der Waals surface area contributed by atoms with Gasteiger partial charge in [0.2, 0.25) is 0 Å². The molecule has 9 heteroatoms. The van der Waals surface area contributed by atoms with Crippen LogP contribution in [0.5, 0.6) is 17.2 Å². The number of anilines is 2. The smallest absolute Gasteiger partial charge is 0.409 e. The van der Waals surface area contributed by atoms with Gasteiger partial charge in [-0.25, -0.2) is 4.79 Å². The van der Waals surface area contributed by atoms with Crippen molar-refractivity contribution >= 4 is 33.4 Å². The van der Waals surface area contributed by atoms with E-state index in [0.717, 1.165) is 71.9 Å². The number of nitrogens with one attached hydrogen (secondary N) is 1. The Balaban J connectivity index is 1.31. The van der Waals surface area contributed by atoms with Crippen LogP contribution in [0.3, 0.4) is 0 Å². The summed E-state index contributed by atoms with van der Waals surface area (Å²) in [7, 11) is 3.30. The van der Waals surface area contributed by atoms with Gasteiger partial charge in [0.05, 0.1) is 33.1 Å². The Hall–Kier alpha value is -2.81. The zero-order chi connectivity index (χ0) is 26.2. The Morgan fingerprint density at radius 1 is 1.00 bits per heavy atom. The highest BCUT2D eigenvalue weighted by Crippen LogP contribution is 2.34. The first kappa shape index (κ1) is 27.2. The minimum atomic E-state index is -0.232. The lowest BCUT2D eigenvalue weighted by Crippen LogP contribution is -2.49. The molecule has 0 radical (unpaired) electrons. The van der Waals surface area contributed by atoms with Crippen molar-refractivity contribution in [3.05, 3.63) is 40.9 Å². The van der Waals surface area contributed by atoms with Crippen molar-refractivity contribution in [2.75, 3.05) is 63.8 Å². The fourth-order valence-corrected chi connectivity index (χ4v) is 5.45. The summed E-state index contributed by atoms with van der Waals surface area (Å²) in [4.78, 5) is 17.0. The van der Waals surface area contributed by atoms with Crippen molar-refractivity contribution in [1.82, 2.24) is 4.90 Å². The SMILES string of the molecule is CCOc1ccc(Br)cc1NC1CCCCC1COC(=O)N1CCN(c2cc(OC)cc(OC)c2)CC1. The van der Waals surface area contributed by atoms with Gasteiger partial charge in [0.1, 0.15) is 17.2 Å². The topological polar surface area (TPSA) is 72.5 Å². The third-order valence-corrected chi connectivity index (χ3v) is 7.64. The fourth-order valence-electron chi connectivity index (χ4n) is 5.09. The number of rotatable bonds is 9. The maximum atomic E-state index is 12.9. The Morgan fingerprint density at radius 2 is 1.70 bits per heavy atom. The molecule has 4 rings (SSSR count). The van der Waals surface area contributed by atoms with Gasteiger partial charge in [0.25, 0.3) is 0 Å². The normalized spacial score (nSPS) is 19.8. The molecule has 1 N–H and O–H groups in total. The average molecular weight is 577 g/mol. The molecular weight excluding hydrogens is 538 g/mol. The minimum Gasteiger partial charge on any atom is -0.497 e. The Kier molecular flexibility index (Phi) is 9.66. The van der Waals surface area contributed by atoms with Crippen LogP contribution in [0.25, 0.3) is 0 Å². The Bertz CT molecular complexity index is 1020. The van der Waals surface area contributed by atoms with E-state index in [1.165, 1.54) is 0 Å². The summed E-state index contributed by atoms with van der Waals surface area (Å²) in [6.07, 6.45) is 4.17. The predicted molar refractivity (Wildman–Crippen MR) is 149 cm³/mol. The summed E-state index contributed by atoms with van der Waals surface area (Å²) >= 11 is 3.57. The van der Waals surface area contributed by atoms with Crippen LogP contribution in [0, 0.1) is 5.92 Å². The van der Waals surface area contributed by atoms with Gasteiger partial charge in [-0.1, -0.05) is 28.8 Å². The molecule has 1 saturated heterocycles. The molecule has 2 fully saturated rings. The zero-order valence-corrected chi connectivity index (χ0v) is 23.6. The summed E-state index contributed by atoms with van der Waals surface area (Å²) < 4.78 is 23.5. The zero-order valence-electron chi connectivity index (χ0n) is 22.0. The molecule has 202 valence electrons. The van der Waals surface area contributed by atoms with Crippen LogP contribution in [0.15, 0.2) is 40.9 Å². The molecule has 2 aliphatic rings. The van der Waals surface area contributed by atoms with Gasteiger partial charge in [0.15, 0.2) is 0 Å². The van der Waals surface area contributed by atoms with Crippen LogP contribution < -0.4 is 24.4 Å². The highest BCUT2D eigenvalue weighted by Gasteiger charge is 2.29.